The molecule has 0 radical (unpaired) electrons. The highest BCUT2D eigenvalue weighted by atomic mass is 79.9. The van der Waals surface area contributed by atoms with Crippen molar-refractivity contribution in [1.82, 2.24) is 0 Å². The summed E-state index contributed by atoms with van der Waals surface area (Å²) < 4.78 is 0.811. The number of carbonyl (C=O) groups is 1. The fraction of sp³-hybridized carbons (Fsp3) is 0. The minimum Gasteiger partial charge on any atom is -0.399 e. The number of nitrogen functional groups attached to an aromatic ring is 1. The first-order valence-electron chi connectivity index (χ1n) is 5.02. The molecule has 4 heteroatoms. The van der Waals surface area contributed by atoms with Crippen LogP contribution in [0, 0.1) is 0 Å². The summed E-state index contributed by atoms with van der Waals surface area (Å²) in [4.78, 5) is 11.2. The quantitative estimate of drug-likeness (QED) is 0.835. The highest BCUT2D eigenvalue weighted by Crippen LogP contribution is 2.26. The zero-order valence-corrected chi connectivity index (χ0v) is 10.6. The molecule has 0 saturated heterocycles. The summed E-state index contributed by atoms with van der Waals surface area (Å²) in [6.07, 6.45) is 0. The first-order valence-corrected chi connectivity index (χ1v) is 5.82. The number of rotatable bonds is 2. The van der Waals surface area contributed by atoms with Crippen molar-refractivity contribution in [2.24, 2.45) is 5.73 Å². The number of hydrogen-bond acceptors (Lipinski definition) is 2. The predicted molar refractivity (Wildman–Crippen MR) is 72.5 cm³/mol. The molecule has 0 spiro atoms. The highest BCUT2D eigenvalue weighted by molar-refractivity contribution is 9.10. The smallest absolute Gasteiger partial charge is 0.248 e. The number of benzene rings is 2. The molecule has 3 nitrogen and oxygen atoms in total. The maximum absolute atomic E-state index is 11.2. The third-order valence-electron chi connectivity index (χ3n) is 2.40. The van der Waals surface area contributed by atoms with Crippen molar-refractivity contribution in [3.05, 3.63) is 52.5 Å². The normalized spacial score (nSPS) is 10.2. The number of primary amides is 1. The number of amides is 1. The molecular weight excluding hydrogens is 280 g/mol. The molecule has 0 heterocycles. The van der Waals surface area contributed by atoms with E-state index in [1.54, 1.807) is 12.1 Å². The molecule has 0 fully saturated rings. The highest BCUT2D eigenvalue weighted by Gasteiger charge is 2.06. The number of carbonyl (C=O) groups excluding carboxylic acids is 1. The van der Waals surface area contributed by atoms with Gasteiger partial charge in [0.15, 0.2) is 0 Å². The van der Waals surface area contributed by atoms with Gasteiger partial charge in [0.2, 0.25) is 5.91 Å². The summed E-state index contributed by atoms with van der Waals surface area (Å²) in [6, 6.07) is 12.8. The molecule has 17 heavy (non-hydrogen) atoms. The number of nitrogens with two attached hydrogens (primary N) is 2. The Bertz CT molecular complexity index is 581. The van der Waals surface area contributed by atoms with Gasteiger partial charge < -0.3 is 11.5 Å². The molecule has 4 N–H and O–H groups in total. The van der Waals surface area contributed by atoms with Gasteiger partial charge in [0.05, 0.1) is 0 Å². The standard InChI is InChI=1S/C13H11BrN2O/c14-11-5-9(4-10(6-11)13(16)17)8-2-1-3-12(15)7-8/h1-7H,15H2,(H2,16,17). The van der Waals surface area contributed by atoms with E-state index in [1.807, 2.05) is 30.3 Å². The van der Waals surface area contributed by atoms with E-state index in [2.05, 4.69) is 15.9 Å². The van der Waals surface area contributed by atoms with E-state index in [4.69, 9.17) is 11.5 Å². The van der Waals surface area contributed by atoms with E-state index in [9.17, 15) is 4.79 Å². The maximum Gasteiger partial charge on any atom is 0.248 e. The lowest BCUT2D eigenvalue weighted by atomic mass is 10.0. The molecule has 0 bridgehead atoms. The van der Waals surface area contributed by atoms with Crippen LogP contribution in [-0.4, -0.2) is 5.91 Å². The average molecular weight is 291 g/mol. The van der Waals surface area contributed by atoms with Crippen LogP contribution in [0.3, 0.4) is 0 Å². The van der Waals surface area contributed by atoms with Gasteiger partial charge in [-0.2, -0.15) is 0 Å². The van der Waals surface area contributed by atoms with E-state index in [0.29, 0.717) is 11.3 Å². The Morgan fingerprint density at radius 2 is 1.82 bits per heavy atom. The molecule has 0 aliphatic rings. The second kappa shape index (κ2) is 4.59. The molecule has 0 aliphatic carbocycles. The zero-order chi connectivity index (χ0) is 12.4. The summed E-state index contributed by atoms with van der Waals surface area (Å²) in [6.45, 7) is 0. The van der Waals surface area contributed by atoms with Crippen LogP contribution in [0.15, 0.2) is 46.9 Å². The molecule has 0 aromatic heterocycles. The van der Waals surface area contributed by atoms with Gasteiger partial charge in [-0.25, -0.2) is 0 Å². The molecule has 2 aromatic rings. The minimum atomic E-state index is -0.448. The van der Waals surface area contributed by atoms with Crippen LogP contribution in [-0.2, 0) is 0 Å². The monoisotopic (exact) mass is 290 g/mol. The number of anilines is 1. The predicted octanol–water partition coefficient (Wildman–Crippen LogP) is 2.80. The van der Waals surface area contributed by atoms with Crippen molar-refractivity contribution in [3.8, 4) is 11.1 Å². The van der Waals surface area contributed by atoms with Crippen molar-refractivity contribution in [3.63, 3.8) is 0 Å². The topological polar surface area (TPSA) is 69.1 Å². The largest absolute Gasteiger partial charge is 0.399 e. The van der Waals surface area contributed by atoms with Crippen LogP contribution in [0.2, 0.25) is 0 Å². The van der Waals surface area contributed by atoms with E-state index < -0.39 is 5.91 Å². The van der Waals surface area contributed by atoms with Gasteiger partial charge in [-0.1, -0.05) is 28.1 Å². The number of hydrogen-bond donors (Lipinski definition) is 2. The van der Waals surface area contributed by atoms with Crippen molar-refractivity contribution < 1.29 is 4.79 Å². The van der Waals surface area contributed by atoms with Gasteiger partial charge in [-0.05, 0) is 41.5 Å². The molecule has 0 aliphatic heterocycles. The Balaban J connectivity index is 2.56. The lowest BCUT2D eigenvalue weighted by Gasteiger charge is -2.06. The summed E-state index contributed by atoms with van der Waals surface area (Å²) in [7, 11) is 0. The fourth-order valence-electron chi connectivity index (χ4n) is 1.62. The summed E-state index contributed by atoms with van der Waals surface area (Å²) >= 11 is 3.36. The van der Waals surface area contributed by atoms with Gasteiger partial charge in [0.1, 0.15) is 0 Å². The summed E-state index contributed by atoms with van der Waals surface area (Å²) in [5, 5.41) is 0. The average Bonchev–Trinajstić information content (AvgIpc) is 2.28. The molecular formula is C13H11BrN2O. The second-order valence-electron chi connectivity index (χ2n) is 3.72. The lowest BCUT2D eigenvalue weighted by molar-refractivity contribution is 0.100. The molecule has 0 saturated carbocycles. The van der Waals surface area contributed by atoms with E-state index in [-0.39, 0.29) is 0 Å². The van der Waals surface area contributed by atoms with Crippen LogP contribution < -0.4 is 11.5 Å². The Morgan fingerprint density at radius 3 is 2.47 bits per heavy atom. The van der Waals surface area contributed by atoms with Crippen LogP contribution in [0.5, 0.6) is 0 Å². The third-order valence-corrected chi connectivity index (χ3v) is 2.86. The molecule has 0 atom stereocenters. The van der Waals surface area contributed by atoms with E-state index >= 15 is 0 Å². The van der Waals surface area contributed by atoms with Crippen LogP contribution in [0.4, 0.5) is 5.69 Å². The van der Waals surface area contributed by atoms with Crippen LogP contribution in [0.1, 0.15) is 10.4 Å². The van der Waals surface area contributed by atoms with Gasteiger partial charge in [-0.15, -0.1) is 0 Å². The second-order valence-corrected chi connectivity index (χ2v) is 4.63. The maximum atomic E-state index is 11.2. The van der Waals surface area contributed by atoms with Crippen LogP contribution >= 0.6 is 15.9 Å². The molecule has 2 rings (SSSR count). The lowest BCUT2D eigenvalue weighted by Crippen LogP contribution is -2.10. The molecule has 86 valence electrons. The first kappa shape index (κ1) is 11.7. The van der Waals surface area contributed by atoms with Crippen molar-refractivity contribution in [2.75, 3.05) is 5.73 Å². The molecule has 2 aromatic carbocycles. The first-order chi connectivity index (χ1) is 8.06. The molecule has 0 unspecified atom stereocenters. The zero-order valence-electron chi connectivity index (χ0n) is 8.98. The van der Waals surface area contributed by atoms with Gasteiger partial charge in [-0.3, -0.25) is 4.79 Å². The Hall–Kier alpha value is -1.81. The van der Waals surface area contributed by atoms with Gasteiger partial charge >= 0.3 is 0 Å². The van der Waals surface area contributed by atoms with Crippen LogP contribution in [0.25, 0.3) is 11.1 Å². The number of halogens is 1. The van der Waals surface area contributed by atoms with Crippen molar-refractivity contribution in [2.45, 2.75) is 0 Å². The fourth-order valence-corrected chi connectivity index (χ4v) is 2.11. The van der Waals surface area contributed by atoms with Gasteiger partial charge in [0.25, 0.3) is 0 Å². The summed E-state index contributed by atoms with van der Waals surface area (Å²) in [5.41, 5.74) is 14.0. The van der Waals surface area contributed by atoms with Crippen molar-refractivity contribution in [1.29, 1.82) is 0 Å². The third kappa shape index (κ3) is 2.65. The Kier molecular flexibility index (Phi) is 3.15. The van der Waals surface area contributed by atoms with E-state index in [1.165, 1.54) is 0 Å². The molecule has 1 amide bonds. The van der Waals surface area contributed by atoms with E-state index in [0.717, 1.165) is 15.6 Å². The van der Waals surface area contributed by atoms with Gasteiger partial charge in [0, 0.05) is 15.7 Å². The minimum absolute atomic E-state index is 0.448. The summed E-state index contributed by atoms with van der Waals surface area (Å²) in [5.74, 6) is -0.448. The van der Waals surface area contributed by atoms with Crippen molar-refractivity contribution >= 4 is 27.5 Å². The SMILES string of the molecule is NC(=O)c1cc(Br)cc(-c2cccc(N)c2)c1. The Labute approximate surface area is 108 Å². The Morgan fingerprint density at radius 1 is 1.06 bits per heavy atom.